The molecule has 0 unspecified atom stereocenters. The second-order valence-corrected chi connectivity index (χ2v) is 8.54. The Kier molecular flexibility index (Phi) is 8.06. The summed E-state index contributed by atoms with van der Waals surface area (Å²) >= 11 is 1.33. The van der Waals surface area contributed by atoms with Crippen molar-refractivity contribution in [1.82, 2.24) is 0 Å². The summed E-state index contributed by atoms with van der Waals surface area (Å²) in [5.41, 5.74) is 5.50. The fraction of sp³-hybridized carbons (Fsp3) is 0.308. The van der Waals surface area contributed by atoms with Crippen LogP contribution in [0.4, 0.5) is 5.00 Å². The number of carbonyl (C=O) groups is 2. The van der Waals surface area contributed by atoms with E-state index in [4.69, 9.17) is 9.47 Å². The van der Waals surface area contributed by atoms with Gasteiger partial charge in [-0.25, -0.2) is 4.79 Å². The first kappa shape index (κ1) is 23.5. The van der Waals surface area contributed by atoms with E-state index in [-0.39, 0.29) is 5.91 Å². The number of methoxy groups -OCH3 is 1. The van der Waals surface area contributed by atoms with E-state index in [1.165, 1.54) is 24.0 Å². The van der Waals surface area contributed by atoms with E-state index in [2.05, 4.69) is 12.2 Å². The van der Waals surface area contributed by atoms with Crippen molar-refractivity contribution < 1.29 is 19.1 Å². The van der Waals surface area contributed by atoms with Gasteiger partial charge >= 0.3 is 5.97 Å². The molecule has 0 bridgehead atoms. The van der Waals surface area contributed by atoms with E-state index in [1.54, 1.807) is 0 Å². The van der Waals surface area contributed by atoms with E-state index in [0.717, 1.165) is 34.4 Å². The van der Waals surface area contributed by atoms with E-state index >= 15 is 0 Å². The van der Waals surface area contributed by atoms with Crippen LogP contribution < -0.4 is 10.1 Å². The highest BCUT2D eigenvalue weighted by atomic mass is 32.1. The molecule has 1 aromatic heterocycles. The maximum atomic E-state index is 12.5. The zero-order valence-electron chi connectivity index (χ0n) is 19.0. The van der Waals surface area contributed by atoms with Crippen molar-refractivity contribution in [3.05, 3.63) is 70.1 Å². The Balaban J connectivity index is 1.64. The number of esters is 1. The average Bonchev–Trinajstić information content (AvgIpc) is 3.21. The number of carbonyl (C=O) groups excluding carboxylic acids is 2. The lowest BCUT2D eigenvalue weighted by Crippen LogP contribution is -2.15. The van der Waals surface area contributed by atoms with Crippen LogP contribution in [0.2, 0.25) is 0 Å². The van der Waals surface area contributed by atoms with Gasteiger partial charge in [0, 0.05) is 17.4 Å². The summed E-state index contributed by atoms with van der Waals surface area (Å²) in [4.78, 5) is 25.0. The molecule has 1 N–H and O–H groups in total. The van der Waals surface area contributed by atoms with Crippen molar-refractivity contribution in [3.63, 3.8) is 0 Å². The first-order chi connectivity index (χ1) is 15.4. The molecule has 0 saturated heterocycles. The predicted molar refractivity (Wildman–Crippen MR) is 130 cm³/mol. The van der Waals surface area contributed by atoms with E-state index in [9.17, 15) is 9.59 Å². The van der Waals surface area contributed by atoms with Gasteiger partial charge in [0.05, 0.1) is 13.7 Å². The largest absolute Gasteiger partial charge is 0.493 e. The van der Waals surface area contributed by atoms with Gasteiger partial charge in [0.25, 0.3) is 0 Å². The predicted octanol–water partition coefficient (Wildman–Crippen LogP) is 6.18. The average molecular weight is 452 g/mol. The van der Waals surface area contributed by atoms with Crippen molar-refractivity contribution in [2.75, 3.05) is 19.0 Å². The van der Waals surface area contributed by atoms with E-state index < -0.39 is 5.97 Å². The highest BCUT2D eigenvalue weighted by Gasteiger charge is 2.22. The number of anilines is 1. The van der Waals surface area contributed by atoms with Crippen LogP contribution in [-0.4, -0.2) is 25.6 Å². The number of hydrogen-bond acceptors (Lipinski definition) is 5. The van der Waals surface area contributed by atoms with E-state index in [0.29, 0.717) is 30.0 Å². The van der Waals surface area contributed by atoms with Crippen LogP contribution in [0.25, 0.3) is 11.1 Å². The molecule has 0 aliphatic rings. The molecule has 1 amide bonds. The second-order valence-electron chi connectivity index (χ2n) is 7.66. The Bertz CT molecular complexity index is 1090. The van der Waals surface area contributed by atoms with Crippen molar-refractivity contribution in [3.8, 4) is 16.9 Å². The minimum absolute atomic E-state index is 0.158. The number of nitrogens with one attached hydrogen (secondary N) is 1. The highest BCUT2D eigenvalue weighted by Crippen LogP contribution is 2.36. The smallest absolute Gasteiger partial charge is 0.341 e. The molecule has 3 rings (SSSR count). The molecule has 3 aromatic rings. The SMILES string of the molecule is CCc1ccc(-c2csc(NC(=O)CCCOc3cc(C)ccc3C)c2C(=O)OC)cc1. The van der Waals surface area contributed by atoms with Gasteiger partial charge in [-0.1, -0.05) is 43.3 Å². The summed E-state index contributed by atoms with van der Waals surface area (Å²) in [7, 11) is 1.35. The van der Waals surface area contributed by atoms with Crippen molar-refractivity contribution >= 4 is 28.2 Å². The first-order valence-electron chi connectivity index (χ1n) is 10.7. The molecule has 168 valence electrons. The zero-order chi connectivity index (χ0) is 23.1. The van der Waals surface area contributed by atoms with Crippen LogP contribution in [0.5, 0.6) is 5.75 Å². The number of hydrogen-bond donors (Lipinski definition) is 1. The monoisotopic (exact) mass is 451 g/mol. The number of rotatable bonds is 9. The van der Waals surface area contributed by atoms with Crippen molar-refractivity contribution in [2.24, 2.45) is 0 Å². The third-order valence-electron chi connectivity index (χ3n) is 5.26. The molecule has 5 nitrogen and oxygen atoms in total. The number of aryl methyl sites for hydroxylation is 3. The third-order valence-corrected chi connectivity index (χ3v) is 6.15. The van der Waals surface area contributed by atoms with Gasteiger partial charge in [-0.15, -0.1) is 11.3 Å². The molecule has 0 saturated carbocycles. The first-order valence-corrected chi connectivity index (χ1v) is 11.6. The molecule has 0 spiro atoms. The van der Waals surface area contributed by atoms with Crippen molar-refractivity contribution in [1.29, 1.82) is 0 Å². The van der Waals surface area contributed by atoms with Crippen LogP contribution in [0, 0.1) is 13.8 Å². The Morgan fingerprint density at radius 3 is 2.50 bits per heavy atom. The number of benzene rings is 2. The molecule has 6 heteroatoms. The molecule has 0 radical (unpaired) electrons. The van der Waals surface area contributed by atoms with Gasteiger partial charge in [-0.3, -0.25) is 4.79 Å². The summed E-state index contributed by atoms with van der Waals surface area (Å²) in [5, 5.41) is 5.27. The molecule has 0 aliphatic heterocycles. The summed E-state index contributed by atoms with van der Waals surface area (Å²) in [6, 6.07) is 14.1. The summed E-state index contributed by atoms with van der Waals surface area (Å²) in [6.07, 6.45) is 1.82. The van der Waals surface area contributed by atoms with Gasteiger partial charge in [-0.05, 0) is 55.0 Å². The van der Waals surface area contributed by atoms with Gasteiger partial charge in [0.1, 0.15) is 16.3 Å². The molecule has 0 fully saturated rings. The molecule has 2 aromatic carbocycles. The molecular weight excluding hydrogens is 422 g/mol. The lowest BCUT2D eigenvalue weighted by atomic mass is 10.0. The summed E-state index contributed by atoms with van der Waals surface area (Å²) in [6.45, 7) is 6.56. The minimum Gasteiger partial charge on any atom is -0.493 e. The Hall–Kier alpha value is -3.12. The van der Waals surface area contributed by atoms with Gasteiger partial charge in [-0.2, -0.15) is 0 Å². The summed E-state index contributed by atoms with van der Waals surface area (Å²) < 4.78 is 10.8. The Morgan fingerprint density at radius 1 is 1.06 bits per heavy atom. The normalized spacial score (nSPS) is 10.6. The van der Waals surface area contributed by atoms with Crippen molar-refractivity contribution in [2.45, 2.75) is 40.0 Å². The fourth-order valence-corrected chi connectivity index (χ4v) is 4.33. The highest BCUT2D eigenvalue weighted by molar-refractivity contribution is 7.15. The topological polar surface area (TPSA) is 64.6 Å². The molecule has 1 heterocycles. The quantitative estimate of drug-likeness (QED) is 0.312. The molecule has 0 atom stereocenters. The lowest BCUT2D eigenvalue weighted by Gasteiger charge is -2.10. The number of thiophene rings is 1. The summed E-state index contributed by atoms with van der Waals surface area (Å²) in [5.74, 6) is 0.221. The fourth-order valence-electron chi connectivity index (χ4n) is 3.35. The van der Waals surface area contributed by atoms with E-state index in [1.807, 2.05) is 61.7 Å². The van der Waals surface area contributed by atoms with Crippen LogP contribution in [0.1, 0.15) is 46.8 Å². The maximum Gasteiger partial charge on any atom is 0.341 e. The second kappa shape index (κ2) is 11.0. The number of ether oxygens (including phenoxy) is 2. The third kappa shape index (κ3) is 5.77. The molecule has 0 aliphatic carbocycles. The van der Waals surface area contributed by atoms with Gasteiger partial charge in [0.2, 0.25) is 5.91 Å². The molecular formula is C26H29NO4S. The van der Waals surface area contributed by atoms with Crippen LogP contribution in [-0.2, 0) is 16.0 Å². The lowest BCUT2D eigenvalue weighted by molar-refractivity contribution is -0.116. The standard InChI is InChI=1S/C26H29NO4S/c1-5-19-10-12-20(13-11-19)21-16-32-25(24(21)26(29)30-4)27-23(28)7-6-14-31-22-15-17(2)8-9-18(22)3/h8-13,15-16H,5-7,14H2,1-4H3,(H,27,28). The van der Waals surface area contributed by atoms with Gasteiger partial charge in [0.15, 0.2) is 0 Å². The zero-order valence-corrected chi connectivity index (χ0v) is 19.8. The number of amides is 1. The van der Waals surface area contributed by atoms with Crippen LogP contribution in [0.3, 0.4) is 0 Å². The van der Waals surface area contributed by atoms with Gasteiger partial charge < -0.3 is 14.8 Å². The Labute approximate surface area is 193 Å². The van der Waals surface area contributed by atoms with Crippen LogP contribution >= 0.6 is 11.3 Å². The maximum absolute atomic E-state index is 12.5. The minimum atomic E-state index is -0.464. The Morgan fingerprint density at radius 2 is 1.81 bits per heavy atom. The van der Waals surface area contributed by atoms with Crippen LogP contribution in [0.15, 0.2) is 47.8 Å². The molecule has 32 heavy (non-hydrogen) atoms.